The fourth-order valence-corrected chi connectivity index (χ4v) is 2.77. The summed E-state index contributed by atoms with van der Waals surface area (Å²) in [5, 5.41) is 0. The van der Waals surface area contributed by atoms with E-state index in [1.807, 2.05) is 0 Å². The number of hydrogen-bond acceptors (Lipinski definition) is 4. The molecule has 0 aromatic heterocycles. The van der Waals surface area contributed by atoms with Crippen molar-refractivity contribution in [2.75, 3.05) is 6.61 Å². The molecule has 0 aliphatic heterocycles. The molecular weight excluding hydrogens is 304 g/mol. The third kappa shape index (κ3) is 12.4. The van der Waals surface area contributed by atoms with Gasteiger partial charge in [-0.25, -0.2) is 0 Å². The highest BCUT2D eigenvalue weighted by Crippen LogP contribution is 2.17. The minimum absolute atomic E-state index is 0.0582. The molecule has 0 amide bonds. The molecule has 0 saturated heterocycles. The monoisotopic (exact) mass is 342 g/mol. The third-order valence-electron chi connectivity index (χ3n) is 4.10. The zero-order valence-corrected chi connectivity index (χ0v) is 16.4. The Morgan fingerprint density at radius 1 is 0.750 bits per heavy atom. The van der Waals surface area contributed by atoms with Crippen LogP contribution >= 0.6 is 0 Å². The predicted octanol–water partition coefficient (Wildman–Crippen LogP) is 5.28. The van der Waals surface area contributed by atoms with Crippen LogP contribution < -0.4 is 0 Å². The molecule has 0 N–H and O–H groups in total. The number of esters is 2. The predicted molar refractivity (Wildman–Crippen MR) is 97.7 cm³/mol. The van der Waals surface area contributed by atoms with Gasteiger partial charge in [-0.3, -0.25) is 9.59 Å². The summed E-state index contributed by atoms with van der Waals surface area (Å²) in [6.45, 7) is 10.9. The number of carbonyl (C=O) groups is 2. The van der Waals surface area contributed by atoms with Crippen LogP contribution in [0.15, 0.2) is 0 Å². The second-order valence-corrected chi connectivity index (χ2v) is 7.28. The van der Waals surface area contributed by atoms with Crippen molar-refractivity contribution in [1.29, 1.82) is 0 Å². The van der Waals surface area contributed by atoms with E-state index in [-0.39, 0.29) is 24.5 Å². The molecule has 0 spiro atoms. The van der Waals surface area contributed by atoms with Crippen molar-refractivity contribution in [3.8, 4) is 0 Å². The van der Waals surface area contributed by atoms with Crippen LogP contribution in [-0.2, 0) is 19.1 Å². The highest BCUT2D eigenvalue weighted by Gasteiger charge is 2.21. The summed E-state index contributed by atoms with van der Waals surface area (Å²) >= 11 is 0. The van der Waals surface area contributed by atoms with Gasteiger partial charge in [0.2, 0.25) is 0 Å². The quantitative estimate of drug-likeness (QED) is 0.318. The summed E-state index contributed by atoms with van der Waals surface area (Å²) in [4.78, 5) is 23.5. The molecular formula is C20H38O4. The molecule has 0 fully saturated rings. The van der Waals surface area contributed by atoms with Crippen molar-refractivity contribution in [3.05, 3.63) is 0 Å². The maximum absolute atomic E-state index is 11.9. The second-order valence-electron chi connectivity index (χ2n) is 7.28. The minimum atomic E-state index is -0.217. The van der Waals surface area contributed by atoms with Crippen LogP contribution in [-0.4, -0.2) is 24.6 Å². The lowest BCUT2D eigenvalue weighted by atomic mass is 9.96. The van der Waals surface area contributed by atoms with Gasteiger partial charge in [-0.2, -0.15) is 0 Å². The molecule has 0 saturated carbocycles. The molecule has 0 atom stereocenters. The van der Waals surface area contributed by atoms with E-state index in [9.17, 15) is 9.59 Å². The molecule has 0 aromatic carbocycles. The van der Waals surface area contributed by atoms with Gasteiger partial charge in [0.1, 0.15) is 6.10 Å². The van der Waals surface area contributed by atoms with Crippen LogP contribution in [0.1, 0.15) is 92.4 Å². The van der Waals surface area contributed by atoms with Crippen LogP contribution in [0, 0.1) is 11.8 Å². The Hall–Kier alpha value is -1.06. The topological polar surface area (TPSA) is 52.6 Å². The van der Waals surface area contributed by atoms with E-state index in [4.69, 9.17) is 9.47 Å². The largest absolute Gasteiger partial charge is 0.466 e. The Balaban J connectivity index is 3.68. The molecule has 0 aromatic rings. The maximum Gasteiger partial charge on any atom is 0.306 e. The van der Waals surface area contributed by atoms with E-state index in [0.29, 0.717) is 31.3 Å². The zero-order chi connectivity index (χ0) is 18.4. The van der Waals surface area contributed by atoms with E-state index in [1.165, 1.54) is 25.7 Å². The molecule has 142 valence electrons. The van der Waals surface area contributed by atoms with Crippen molar-refractivity contribution in [2.45, 2.75) is 98.5 Å². The Kier molecular flexibility index (Phi) is 13.7. The lowest BCUT2D eigenvalue weighted by Crippen LogP contribution is -2.28. The summed E-state index contributed by atoms with van der Waals surface area (Å²) in [7, 11) is 0. The van der Waals surface area contributed by atoms with Crippen LogP contribution in [0.25, 0.3) is 0 Å². The summed E-state index contributed by atoms with van der Waals surface area (Å²) in [5.74, 6) is 0.180. The first-order valence-electron chi connectivity index (χ1n) is 9.73. The van der Waals surface area contributed by atoms with Crippen LogP contribution in [0.2, 0.25) is 0 Å². The van der Waals surface area contributed by atoms with E-state index in [2.05, 4.69) is 34.6 Å². The first-order valence-corrected chi connectivity index (χ1v) is 9.73. The lowest BCUT2D eigenvalue weighted by Gasteiger charge is -2.24. The standard InChI is InChI=1S/C20H38O4/c1-6-7-8-9-10-11-15-23-18(21)13-12-14-19(22)24-20(16(2)3)17(4)5/h16-17,20H,6-15H2,1-5H3. The van der Waals surface area contributed by atoms with Gasteiger partial charge in [-0.05, 0) is 24.7 Å². The molecule has 0 unspecified atom stereocenters. The smallest absolute Gasteiger partial charge is 0.306 e. The SMILES string of the molecule is CCCCCCCCOC(=O)CCCC(=O)OC(C(C)C)C(C)C. The highest BCUT2D eigenvalue weighted by molar-refractivity contribution is 5.72. The van der Waals surface area contributed by atoms with Crippen molar-refractivity contribution in [2.24, 2.45) is 11.8 Å². The van der Waals surface area contributed by atoms with E-state index < -0.39 is 0 Å². The van der Waals surface area contributed by atoms with Gasteiger partial charge in [-0.15, -0.1) is 0 Å². The average Bonchev–Trinajstić information content (AvgIpc) is 2.51. The Morgan fingerprint density at radius 3 is 1.88 bits per heavy atom. The minimum Gasteiger partial charge on any atom is -0.466 e. The second kappa shape index (κ2) is 14.3. The van der Waals surface area contributed by atoms with Crippen LogP contribution in [0.3, 0.4) is 0 Å². The van der Waals surface area contributed by atoms with Crippen molar-refractivity contribution in [1.82, 2.24) is 0 Å². The van der Waals surface area contributed by atoms with E-state index in [1.54, 1.807) is 0 Å². The van der Waals surface area contributed by atoms with E-state index >= 15 is 0 Å². The molecule has 0 heterocycles. The lowest BCUT2D eigenvalue weighted by molar-refractivity contribution is -0.154. The normalized spacial score (nSPS) is 11.3. The van der Waals surface area contributed by atoms with Crippen LogP contribution in [0.5, 0.6) is 0 Å². The third-order valence-corrected chi connectivity index (χ3v) is 4.10. The molecule has 0 rings (SSSR count). The highest BCUT2D eigenvalue weighted by atomic mass is 16.5. The Bertz CT molecular complexity index is 329. The number of rotatable bonds is 14. The van der Waals surface area contributed by atoms with Gasteiger partial charge < -0.3 is 9.47 Å². The molecule has 4 heteroatoms. The fourth-order valence-electron chi connectivity index (χ4n) is 2.77. The summed E-state index contributed by atoms with van der Waals surface area (Å²) < 4.78 is 10.7. The first-order chi connectivity index (χ1) is 11.4. The number of hydrogen-bond donors (Lipinski definition) is 0. The molecule has 0 aliphatic carbocycles. The number of ether oxygens (including phenoxy) is 2. The Labute approximate surface area is 148 Å². The van der Waals surface area contributed by atoms with Gasteiger partial charge in [-0.1, -0.05) is 66.7 Å². The maximum atomic E-state index is 11.9. The summed E-state index contributed by atoms with van der Waals surface area (Å²) in [6, 6.07) is 0. The van der Waals surface area contributed by atoms with Crippen molar-refractivity contribution in [3.63, 3.8) is 0 Å². The molecule has 24 heavy (non-hydrogen) atoms. The fraction of sp³-hybridized carbons (Fsp3) is 0.900. The molecule has 0 aliphatic rings. The number of carbonyl (C=O) groups excluding carboxylic acids is 2. The van der Waals surface area contributed by atoms with Crippen molar-refractivity contribution < 1.29 is 19.1 Å². The Morgan fingerprint density at radius 2 is 1.29 bits per heavy atom. The van der Waals surface area contributed by atoms with Gasteiger partial charge in [0.05, 0.1) is 6.61 Å². The molecule has 4 nitrogen and oxygen atoms in total. The summed E-state index contributed by atoms with van der Waals surface area (Å²) in [5.41, 5.74) is 0. The van der Waals surface area contributed by atoms with Crippen LogP contribution in [0.4, 0.5) is 0 Å². The average molecular weight is 343 g/mol. The zero-order valence-electron chi connectivity index (χ0n) is 16.4. The molecule has 0 radical (unpaired) electrons. The molecule has 0 bridgehead atoms. The van der Waals surface area contributed by atoms with Gasteiger partial charge in [0.15, 0.2) is 0 Å². The van der Waals surface area contributed by atoms with Gasteiger partial charge >= 0.3 is 11.9 Å². The van der Waals surface area contributed by atoms with Crippen molar-refractivity contribution >= 4 is 11.9 Å². The van der Waals surface area contributed by atoms with E-state index in [0.717, 1.165) is 12.8 Å². The summed E-state index contributed by atoms with van der Waals surface area (Å²) in [6.07, 6.45) is 8.06. The first kappa shape index (κ1) is 22.9. The van der Waals surface area contributed by atoms with Gasteiger partial charge in [0, 0.05) is 12.8 Å². The number of unbranched alkanes of at least 4 members (excludes halogenated alkanes) is 5. The van der Waals surface area contributed by atoms with Gasteiger partial charge in [0.25, 0.3) is 0 Å².